The van der Waals surface area contributed by atoms with Crippen molar-refractivity contribution in [2.45, 2.75) is 13.0 Å². The first-order valence-corrected chi connectivity index (χ1v) is 8.99. The molecule has 6 nitrogen and oxygen atoms in total. The van der Waals surface area contributed by atoms with Crippen molar-refractivity contribution < 1.29 is 19.1 Å². The van der Waals surface area contributed by atoms with Crippen molar-refractivity contribution in [3.63, 3.8) is 0 Å². The second-order valence-electron chi connectivity index (χ2n) is 6.52. The van der Waals surface area contributed by atoms with Gasteiger partial charge in [0.1, 0.15) is 11.6 Å². The van der Waals surface area contributed by atoms with Gasteiger partial charge in [-0.1, -0.05) is 42.5 Å². The topological polar surface area (TPSA) is 96.6 Å². The van der Waals surface area contributed by atoms with E-state index in [0.717, 1.165) is 11.1 Å². The summed E-state index contributed by atoms with van der Waals surface area (Å²) in [6, 6.07) is 17.2. The van der Waals surface area contributed by atoms with Crippen molar-refractivity contribution in [2.75, 3.05) is 12.6 Å². The average molecular weight is 395 g/mol. The molecule has 3 aromatic carbocycles. The van der Waals surface area contributed by atoms with Crippen molar-refractivity contribution in [1.29, 1.82) is 0 Å². The Labute approximate surface area is 168 Å². The molecule has 0 saturated heterocycles. The first-order chi connectivity index (χ1) is 14.0. The lowest BCUT2D eigenvalue weighted by atomic mass is 9.96. The summed E-state index contributed by atoms with van der Waals surface area (Å²) in [5.74, 6) is 0.0353. The van der Waals surface area contributed by atoms with Crippen LogP contribution < -0.4 is 21.3 Å². The predicted molar refractivity (Wildman–Crippen MR) is 109 cm³/mol. The highest BCUT2D eigenvalue weighted by Gasteiger charge is 2.17. The van der Waals surface area contributed by atoms with E-state index in [1.165, 1.54) is 7.11 Å². The summed E-state index contributed by atoms with van der Waals surface area (Å²) >= 11 is 0. The maximum atomic E-state index is 15.4. The van der Waals surface area contributed by atoms with Gasteiger partial charge in [-0.3, -0.25) is 10.7 Å². The number of halogens is 1. The van der Waals surface area contributed by atoms with Gasteiger partial charge in [0, 0.05) is 13.0 Å². The van der Waals surface area contributed by atoms with Crippen LogP contribution in [0.3, 0.4) is 0 Å². The van der Waals surface area contributed by atoms with Crippen molar-refractivity contribution in [3.8, 4) is 16.9 Å². The van der Waals surface area contributed by atoms with E-state index >= 15 is 4.39 Å². The number of urea groups is 1. The molecule has 0 radical (unpaired) electrons. The molecule has 2 amide bonds. The van der Waals surface area contributed by atoms with Gasteiger partial charge in [-0.15, -0.1) is 0 Å². The van der Waals surface area contributed by atoms with Crippen LogP contribution in [0.25, 0.3) is 11.1 Å². The van der Waals surface area contributed by atoms with Crippen molar-refractivity contribution in [3.05, 3.63) is 83.2 Å². The molecular formula is C22H22FN3O3. The third kappa shape index (κ3) is 4.83. The normalized spacial score (nSPS) is 10.4. The molecule has 29 heavy (non-hydrogen) atoms. The van der Waals surface area contributed by atoms with Crippen molar-refractivity contribution in [1.82, 2.24) is 5.32 Å². The number of amides is 2. The minimum atomic E-state index is -0.581. The zero-order valence-electron chi connectivity index (χ0n) is 15.9. The van der Waals surface area contributed by atoms with Crippen LogP contribution in [0.4, 0.5) is 14.9 Å². The molecule has 0 fully saturated rings. The van der Waals surface area contributed by atoms with E-state index in [2.05, 4.69) is 10.8 Å². The Morgan fingerprint density at radius 3 is 2.48 bits per heavy atom. The minimum Gasteiger partial charge on any atom is -0.496 e. The number of rotatable bonds is 7. The molecule has 0 aliphatic heterocycles. The zero-order chi connectivity index (χ0) is 20.8. The Balaban J connectivity index is 1.89. The van der Waals surface area contributed by atoms with Crippen LogP contribution in [0.1, 0.15) is 16.7 Å². The second kappa shape index (κ2) is 9.07. The highest BCUT2D eigenvalue weighted by atomic mass is 19.1. The number of primary amides is 1. The van der Waals surface area contributed by atoms with Gasteiger partial charge in [0.2, 0.25) is 0 Å². The lowest BCUT2D eigenvalue weighted by molar-refractivity contribution is 0.248. The van der Waals surface area contributed by atoms with Gasteiger partial charge in [0.25, 0.3) is 0 Å². The molecule has 5 N–H and O–H groups in total. The standard InChI is InChI=1S/C22H22FN3O3/c1-29-19-10-9-17(11-14-5-7-15(8-6-14)13-25-22(24)27)21(23)20(19)16-3-2-4-18(12-16)26-28/h2-10,12,26,28H,11,13H2,1H3,(H3,24,25,27). The summed E-state index contributed by atoms with van der Waals surface area (Å²) in [5, 5.41) is 11.7. The molecule has 0 aromatic heterocycles. The third-order valence-electron chi connectivity index (χ3n) is 4.57. The van der Waals surface area contributed by atoms with Gasteiger partial charge in [0.05, 0.1) is 18.4 Å². The van der Waals surface area contributed by atoms with E-state index in [9.17, 15) is 4.79 Å². The van der Waals surface area contributed by atoms with Crippen LogP contribution in [-0.2, 0) is 13.0 Å². The van der Waals surface area contributed by atoms with Crippen LogP contribution in [-0.4, -0.2) is 18.3 Å². The Bertz CT molecular complexity index is 1010. The van der Waals surface area contributed by atoms with Crippen LogP contribution in [0.15, 0.2) is 60.7 Å². The molecule has 3 aromatic rings. The smallest absolute Gasteiger partial charge is 0.312 e. The minimum absolute atomic E-state index is 0.337. The number of carbonyl (C=O) groups excluding carboxylic acids is 1. The fourth-order valence-corrected chi connectivity index (χ4v) is 3.11. The maximum Gasteiger partial charge on any atom is 0.312 e. The number of benzene rings is 3. The van der Waals surface area contributed by atoms with Gasteiger partial charge in [-0.2, -0.15) is 0 Å². The van der Waals surface area contributed by atoms with E-state index in [4.69, 9.17) is 15.7 Å². The van der Waals surface area contributed by atoms with Crippen LogP contribution in [0.2, 0.25) is 0 Å². The van der Waals surface area contributed by atoms with E-state index in [0.29, 0.717) is 41.1 Å². The molecule has 150 valence electrons. The number of carbonyl (C=O) groups is 1. The fraction of sp³-hybridized carbons (Fsp3) is 0.136. The molecule has 0 atom stereocenters. The van der Waals surface area contributed by atoms with E-state index < -0.39 is 6.03 Å². The number of nitrogens with two attached hydrogens (primary N) is 1. The number of anilines is 1. The first kappa shape index (κ1) is 20.2. The Morgan fingerprint density at radius 1 is 1.10 bits per heavy atom. The molecular weight excluding hydrogens is 373 g/mol. The number of hydrogen-bond donors (Lipinski definition) is 4. The zero-order valence-corrected chi connectivity index (χ0v) is 15.9. The molecule has 0 heterocycles. The Morgan fingerprint density at radius 2 is 1.83 bits per heavy atom. The Hall–Kier alpha value is -3.58. The SMILES string of the molecule is COc1ccc(Cc2ccc(CNC(N)=O)cc2)c(F)c1-c1cccc(NO)c1. The quantitative estimate of drug-likeness (QED) is 0.454. The first-order valence-electron chi connectivity index (χ1n) is 8.99. The van der Waals surface area contributed by atoms with Gasteiger partial charge in [0.15, 0.2) is 0 Å². The second-order valence-corrected chi connectivity index (χ2v) is 6.52. The van der Waals surface area contributed by atoms with E-state index in [1.807, 2.05) is 24.3 Å². The molecule has 0 aliphatic rings. The molecule has 0 saturated carbocycles. The number of nitrogens with one attached hydrogen (secondary N) is 2. The van der Waals surface area contributed by atoms with E-state index in [-0.39, 0.29) is 5.82 Å². The summed E-state index contributed by atoms with van der Waals surface area (Å²) < 4.78 is 20.7. The summed E-state index contributed by atoms with van der Waals surface area (Å²) in [4.78, 5) is 10.8. The monoisotopic (exact) mass is 395 g/mol. The molecule has 0 aliphatic carbocycles. The van der Waals surface area contributed by atoms with Crippen LogP contribution >= 0.6 is 0 Å². The largest absolute Gasteiger partial charge is 0.496 e. The molecule has 7 heteroatoms. The van der Waals surface area contributed by atoms with Crippen LogP contribution in [0.5, 0.6) is 5.75 Å². The number of hydrogen-bond acceptors (Lipinski definition) is 4. The van der Waals surface area contributed by atoms with Crippen molar-refractivity contribution in [2.24, 2.45) is 5.73 Å². The summed E-state index contributed by atoms with van der Waals surface area (Å²) in [5.41, 5.74) is 10.9. The lowest BCUT2D eigenvalue weighted by Gasteiger charge is -2.14. The molecule has 0 bridgehead atoms. The van der Waals surface area contributed by atoms with Gasteiger partial charge < -0.3 is 15.8 Å². The summed E-state index contributed by atoms with van der Waals surface area (Å²) in [7, 11) is 1.49. The van der Waals surface area contributed by atoms with Gasteiger partial charge in [-0.25, -0.2) is 9.18 Å². The van der Waals surface area contributed by atoms with E-state index in [1.54, 1.807) is 36.4 Å². The molecule has 3 rings (SSSR count). The Kier molecular flexibility index (Phi) is 6.31. The van der Waals surface area contributed by atoms with Crippen LogP contribution in [0, 0.1) is 5.82 Å². The molecule has 0 unspecified atom stereocenters. The van der Waals surface area contributed by atoms with Gasteiger partial charge >= 0.3 is 6.03 Å². The highest BCUT2D eigenvalue weighted by Crippen LogP contribution is 2.36. The lowest BCUT2D eigenvalue weighted by Crippen LogP contribution is -2.28. The molecule has 0 spiro atoms. The fourth-order valence-electron chi connectivity index (χ4n) is 3.11. The van der Waals surface area contributed by atoms with Gasteiger partial charge in [-0.05, 0) is 40.5 Å². The number of methoxy groups -OCH3 is 1. The summed E-state index contributed by atoms with van der Waals surface area (Å²) in [6.07, 6.45) is 0.393. The maximum absolute atomic E-state index is 15.4. The predicted octanol–water partition coefficient (Wildman–Crippen LogP) is 4.06. The van der Waals surface area contributed by atoms with Crippen molar-refractivity contribution >= 4 is 11.7 Å². The number of ether oxygens (including phenoxy) is 1. The third-order valence-corrected chi connectivity index (χ3v) is 4.57. The average Bonchev–Trinajstić information content (AvgIpc) is 2.74. The highest BCUT2D eigenvalue weighted by molar-refractivity contribution is 5.75. The summed E-state index contributed by atoms with van der Waals surface area (Å²) in [6.45, 7) is 0.339.